The number of hydroxylamine groups is 1. The summed E-state index contributed by atoms with van der Waals surface area (Å²) in [4.78, 5) is 36.8. The lowest BCUT2D eigenvalue weighted by atomic mass is 10.1. The summed E-state index contributed by atoms with van der Waals surface area (Å²) in [6.45, 7) is 0.382. The predicted octanol–water partition coefficient (Wildman–Crippen LogP) is 2.29. The van der Waals surface area contributed by atoms with Crippen molar-refractivity contribution in [1.29, 1.82) is 0 Å². The number of hydrogen-bond donors (Lipinski definition) is 2. The van der Waals surface area contributed by atoms with Gasteiger partial charge in [-0.3, -0.25) is 24.5 Å². The van der Waals surface area contributed by atoms with Crippen LogP contribution < -0.4 is 10.2 Å². The van der Waals surface area contributed by atoms with Crippen LogP contribution in [0.15, 0.2) is 29.8 Å². The molecule has 3 amide bonds. The number of carbonyl (C=O) groups is 3. The molecule has 0 aromatic heterocycles. The topological polar surface area (TPSA) is 95.9 Å². The second-order valence-electron chi connectivity index (χ2n) is 6.14. The van der Waals surface area contributed by atoms with Gasteiger partial charge in [-0.2, -0.15) is 0 Å². The summed E-state index contributed by atoms with van der Waals surface area (Å²) in [6.07, 6.45) is 5.05. The Kier molecular flexibility index (Phi) is 7.35. The van der Waals surface area contributed by atoms with Crippen LogP contribution >= 0.6 is 0 Å². The van der Waals surface area contributed by atoms with Gasteiger partial charge in [0.05, 0.1) is 13.5 Å². The van der Waals surface area contributed by atoms with E-state index in [1.807, 2.05) is 24.3 Å². The number of imide groups is 1. The van der Waals surface area contributed by atoms with Crippen LogP contribution in [0.1, 0.15) is 44.1 Å². The number of ether oxygens (including phenoxy) is 1. The molecule has 7 heteroatoms. The molecule has 1 saturated heterocycles. The van der Waals surface area contributed by atoms with Gasteiger partial charge in [0.15, 0.2) is 0 Å². The molecular formula is C19H24N2O5. The molecule has 7 nitrogen and oxygen atoms in total. The molecule has 26 heavy (non-hydrogen) atoms. The molecule has 1 aliphatic heterocycles. The largest absolute Gasteiger partial charge is 0.496 e. The summed E-state index contributed by atoms with van der Waals surface area (Å²) in [7, 11) is 1.56. The van der Waals surface area contributed by atoms with Gasteiger partial charge in [0.1, 0.15) is 5.75 Å². The Labute approximate surface area is 152 Å². The van der Waals surface area contributed by atoms with Crippen molar-refractivity contribution in [3.8, 4) is 5.75 Å². The molecule has 0 spiro atoms. The Morgan fingerprint density at radius 1 is 1.23 bits per heavy atom. The molecule has 1 aromatic carbocycles. The van der Waals surface area contributed by atoms with Crippen molar-refractivity contribution < 1.29 is 24.3 Å². The molecular weight excluding hydrogens is 336 g/mol. The lowest BCUT2D eigenvalue weighted by molar-refractivity contribution is -0.137. The van der Waals surface area contributed by atoms with Crippen LogP contribution in [0.3, 0.4) is 0 Å². The maximum Gasteiger partial charge on any atom is 0.256 e. The second-order valence-corrected chi connectivity index (χ2v) is 6.14. The third kappa shape index (κ3) is 5.16. The first kappa shape index (κ1) is 19.7. The minimum absolute atomic E-state index is 0.105. The van der Waals surface area contributed by atoms with Gasteiger partial charge in [-0.15, -0.1) is 0 Å². The van der Waals surface area contributed by atoms with Crippen molar-refractivity contribution in [2.24, 2.45) is 0 Å². The Hall–Kier alpha value is -2.67. The first-order valence-corrected chi connectivity index (χ1v) is 8.68. The highest BCUT2D eigenvalue weighted by Gasteiger charge is 2.33. The fraction of sp³-hybridized carbons (Fsp3) is 0.421. The Bertz CT molecular complexity index is 699. The monoisotopic (exact) mass is 360 g/mol. The highest BCUT2D eigenvalue weighted by Crippen LogP contribution is 2.26. The number of likely N-dealkylation sites (tertiary alicyclic amines) is 1. The van der Waals surface area contributed by atoms with E-state index in [4.69, 9.17) is 9.94 Å². The zero-order chi connectivity index (χ0) is 18.9. The van der Waals surface area contributed by atoms with Gasteiger partial charge in [-0.25, -0.2) is 5.48 Å². The summed E-state index contributed by atoms with van der Waals surface area (Å²) < 4.78 is 5.27. The Balaban J connectivity index is 1.86. The van der Waals surface area contributed by atoms with Crippen molar-refractivity contribution in [2.75, 3.05) is 13.7 Å². The van der Waals surface area contributed by atoms with Crippen molar-refractivity contribution >= 4 is 23.8 Å². The summed E-state index contributed by atoms with van der Waals surface area (Å²) in [6, 6.07) is 7.35. The smallest absolute Gasteiger partial charge is 0.256 e. The van der Waals surface area contributed by atoms with Gasteiger partial charge in [0.2, 0.25) is 11.8 Å². The van der Waals surface area contributed by atoms with E-state index < -0.39 is 5.91 Å². The van der Waals surface area contributed by atoms with E-state index in [1.54, 1.807) is 18.7 Å². The van der Waals surface area contributed by atoms with Crippen molar-refractivity contribution in [1.82, 2.24) is 10.4 Å². The summed E-state index contributed by atoms with van der Waals surface area (Å²) >= 11 is 0. The SMILES string of the molecule is COc1ccccc1C=C1CC(=O)N(CCCCCCC(=O)NO)C1=O. The molecule has 1 fully saturated rings. The van der Waals surface area contributed by atoms with E-state index in [1.165, 1.54) is 4.90 Å². The zero-order valence-corrected chi connectivity index (χ0v) is 14.9. The number of benzene rings is 1. The molecule has 0 aliphatic carbocycles. The number of rotatable bonds is 9. The lowest BCUT2D eigenvalue weighted by Gasteiger charge is -2.13. The fourth-order valence-corrected chi connectivity index (χ4v) is 2.90. The normalized spacial score (nSPS) is 15.6. The lowest BCUT2D eigenvalue weighted by Crippen LogP contribution is -2.30. The minimum Gasteiger partial charge on any atom is -0.496 e. The average Bonchev–Trinajstić information content (AvgIpc) is 2.91. The zero-order valence-electron chi connectivity index (χ0n) is 14.9. The molecule has 2 N–H and O–H groups in total. The molecule has 0 radical (unpaired) electrons. The first-order valence-electron chi connectivity index (χ1n) is 8.68. The molecule has 140 valence electrons. The third-order valence-corrected chi connectivity index (χ3v) is 4.29. The number of unbranched alkanes of at least 4 members (excludes halogenated alkanes) is 3. The maximum atomic E-state index is 12.5. The van der Waals surface area contributed by atoms with Gasteiger partial charge in [-0.1, -0.05) is 31.0 Å². The van der Waals surface area contributed by atoms with Crippen molar-refractivity contribution in [3.63, 3.8) is 0 Å². The third-order valence-electron chi connectivity index (χ3n) is 4.29. The first-order chi connectivity index (χ1) is 12.6. The van der Waals surface area contributed by atoms with Crippen molar-refractivity contribution in [3.05, 3.63) is 35.4 Å². The van der Waals surface area contributed by atoms with Crippen LogP contribution in [0.5, 0.6) is 5.75 Å². The van der Waals surface area contributed by atoms with Gasteiger partial charge in [-0.05, 0) is 25.0 Å². The molecule has 0 saturated carbocycles. The summed E-state index contributed by atoms with van der Waals surface area (Å²) in [5.41, 5.74) is 2.84. The van der Waals surface area contributed by atoms with E-state index in [-0.39, 0.29) is 24.7 Å². The Morgan fingerprint density at radius 3 is 2.69 bits per heavy atom. The number of para-hydroxylation sites is 1. The van der Waals surface area contributed by atoms with Gasteiger partial charge in [0.25, 0.3) is 5.91 Å². The second kappa shape index (κ2) is 9.72. The van der Waals surface area contributed by atoms with Gasteiger partial charge >= 0.3 is 0 Å². The average molecular weight is 360 g/mol. The molecule has 1 aromatic rings. The number of nitrogens with one attached hydrogen (secondary N) is 1. The van der Waals surface area contributed by atoms with Crippen LogP contribution in [-0.4, -0.2) is 41.5 Å². The van der Waals surface area contributed by atoms with Crippen LogP contribution in [-0.2, 0) is 14.4 Å². The Morgan fingerprint density at radius 2 is 1.96 bits per heavy atom. The molecule has 2 rings (SSSR count). The van der Waals surface area contributed by atoms with Crippen LogP contribution in [0.4, 0.5) is 0 Å². The number of methoxy groups -OCH3 is 1. The molecule has 0 atom stereocenters. The maximum absolute atomic E-state index is 12.5. The number of hydrogen-bond acceptors (Lipinski definition) is 5. The summed E-state index contributed by atoms with van der Waals surface area (Å²) in [5, 5.41) is 8.41. The van der Waals surface area contributed by atoms with E-state index in [2.05, 4.69) is 0 Å². The standard InChI is InChI=1S/C19H24N2O5/c1-26-16-9-6-5-8-14(16)12-15-13-18(23)21(19(15)24)11-7-3-2-4-10-17(22)20-25/h5-6,8-9,12,25H,2-4,7,10-11,13H2,1H3,(H,20,22). The van der Waals surface area contributed by atoms with E-state index in [0.717, 1.165) is 18.4 Å². The minimum atomic E-state index is -0.402. The number of nitrogens with zero attached hydrogens (tertiary/aromatic N) is 1. The van der Waals surface area contributed by atoms with Crippen LogP contribution in [0.25, 0.3) is 6.08 Å². The van der Waals surface area contributed by atoms with E-state index in [9.17, 15) is 14.4 Å². The highest BCUT2D eigenvalue weighted by atomic mass is 16.5. The van der Waals surface area contributed by atoms with Crippen LogP contribution in [0.2, 0.25) is 0 Å². The molecule has 1 heterocycles. The number of carbonyl (C=O) groups excluding carboxylic acids is 3. The van der Waals surface area contributed by atoms with Crippen LogP contribution in [0, 0.1) is 0 Å². The highest BCUT2D eigenvalue weighted by molar-refractivity contribution is 6.15. The fourth-order valence-electron chi connectivity index (χ4n) is 2.90. The van der Waals surface area contributed by atoms with E-state index in [0.29, 0.717) is 30.7 Å². The number of amides is 3. The van der Waals surface area contributed by atoms with Gasteiger partial charge < -0.3 is 4.74 Å². The van der Waals surface area contributed by atoms with Gasteiger partial charge in [0, 0.05) is 24.1 Å². The quantitative estimate of drug-likeness (QED) is 0.232. The summed E-state index contributed by atoms with van der Waals surface area (Å²) in [5.74, 6) is -0.178. The molecule has 0 unspecified atom stereocenters. The molecule has 1 aliphatic rings. The predicted molar refractivity (Wildman–Crippen MR) is 95.3 cm³/mol. The van der Waals surface area contributed by atoms with E-state index >= 15 is 0 Å². The van der Waals surface area contributed by atoms with Crippen molar-refractivity contribution in [2.45, 2.75) is 38.5 Å². The molecule has 0 bridgehead atoms.